The van der Waals surface area contributed by atoms with Crippen LogP contribution < -0.4 is 24.3 Å². The SMILES string of the molecule is COc1ccc(-n2cc(-c3cccc(OC)c3)nc2NC(=O)CN(CC2CC2)C(=O)c2ccc3c(c2)OCO3)cc1. The number of methoxy groups -OCH3 is 2. The second-order valence-electron chi connectivity index (χ2n) is 10.00. The summed E-state index contributed by atoms with van der Waals surface area (Å²) in [5.41, 5.74) is 2.72. The van der Waals surface area contributed by atoms with Gasteiger partial charge >= 0.3 is 0 Å². The molecule has 1 aliphatic heterocycles. The molecule has 210 valence electrons. The van der Waals surface area contributed by atoms with Gasteiger partial charge in [0.1, 0.15) is 18.0 Å². The molecule has 1 N–H and O–H groups in total. The number of benzene rings is 3. The van der Waals surface area contributed by atoms with Crippen LogP contribution in [0.3, 0.4) is 0 Å². The number of rotatable bonds is 10. The molecule has 2 amide bonds. The predicted molar refractivity (Wildman–Crippen MR) is 152 cm³/mol. The Hall–Kier alpha value is -4.99. The first-order valence-corrected chi connectivity index (χ1v) is 13.4. The first-order valence-electron chi connectivity index (χ1n) is 13.4. The summed E-state index contributed by atoms with van der Waals surface area (Å²) < 4.78 is 23.3. The van der Waals surface area contributed by atoms with Gasteiger partial charge in [-0.25, -0.2) is 4.98 Å². The number of aromatic nitrogens is 2. The van der Waals surface area contributed by atoms with Gasteiger partial charge in [-0.05, 0) is 73.4 Å². The molecule has 6 rings (SSSR count). The third kappa shape index (κ3) is 5.81. The van der Waals surface area contributed by atoms with Crippen molar-refractivity contribution in [3.05, 3.63) is 78.5 Å². The van der Waals surface area contributed by atoms with Crippen molar-refractivity contribution < 1.29 is 28.5 Å². The second kappa shape index (κ2) is 11.2. The van der Waals surface area contributed by atoms with E-state index in [9.17, 15) is 9.59 Å². The maximum Gasteiger partial charge on any atom is 0.254 e. The van der Waals surface area contributed by atoms with Gasteiger partial charge < -0.3 is 23.8 Å². The summed E-state index contributed by atoms with van der Waals surface area (Å²) in [6, 6.07) is 20.1. The van der Waals surface area contributed by atoms with E-state index >= 15 is 0 Å². The first-order chi connectivity index (χ1) is 20.0. The Bertz CT molecular complexity index is 1580. The Morgan fingerprint density at radius 2 is 1.76 bits per heavy atom. The molecule has 0 bridgehead atoms. The van der Waals surface area contributed by atoms with Gasteiger partial charge in [-0.1, -0.05) is 12.1 Å². The lowest BCUT2D eigenvalue weighted by Crippen LogP contribution is -2.39. The fraction of sp³-hybridized carbons (Fsp3) is 0.258. The van der Waals surface area contributed by atoms with E-state index in [1.165, 1.54) is 0 Å². The molecule has 4 aromatic rings. The molecule has 1 saturated carbocycles. The highest BCUT2D eigenvalue weighted by Gasteiger charge is 2.30. The standard InChI is InChI=1S/C31H30N4O6/c1-38-24-11-9-23(10-12-24)35-17-26(21-4-3-5-25(14-21)39-2)32-31(35)33-29(36)18-34(16-20-6-7-20)30(37)22-8-13-27-28(15-22)41-19-40-27/h3-5,8-15,17,20H,6-7,16,18-19H2,1-2H3,(H,32,33,36). The van der Waals surface area contributed by atoms with Gasteiger partial charge in [-0.15, -0.1) is 0 Å². The molecule has 10 heteroatoms. The topological polar surface area (TPSA) is 104 Å². The van der Waals surface area contributed by atoms with Crippen LogP contribution in [-0.4, -0.2) is 60.4 Å². The number of amides is 2. The summed E-state index contributed by atoms with van der Waals surface area (Å²) in [4.78, 5) is 33.3. The lowest BCUT2D eigenvalue weighted by Gasteiger charge is -2.22. The van der Waals surface area contributed by atoms with E-state index in [4.69, 9.17) is 23.9 Å². The number of anilines is 1. The molecule has 1 fully saturated rings. The van der Waals surface area contributed by atoms with E-state index in [0.717, 1.165) is 24.1 Å². The first kappa shape index (κ1) is 26.2. The number of hydrogen-bond acceptors (Lipinski definition) is 7. The molecule has 0 saturated heterocycles. The molecule has 3 aromatic carbocycles. The molecule has 41 heavy (non-hydrogen) atoms. The number of fused-ring (bicyclic) bond motifs is 1. The number of nitrogens with zero attached hydrogens (tertiary/aromatic N) is 3. The monoisotopic (exact) mass is 554 g/mol. The molecule has 2 heterocycles. The van der Waals surface area contributed by atoms with Crippen LogP contribution in [0.5, 0.6) is 23.0 Å². The van der Waals surface area contributed by atoms with Crippen LogP contribution in [0.4, 0.5) is 5.95 Å². The maximum absolute atomic E-state index is 13.5. The van der Waals surface area contributed by atoms with E-state index in [2.05, 4.69) is 5.32 Å². The molecule has 2 aliphatic rings. The molecule has 0 radical (unpaired) electrons. The van der Waals surface area contributed by atoms with Gasteiger partial charge in [0.25, 0.3) is 5.91 Å². The third-order valence-electron chi connectivity index (χ3n) is 7.09. The van der Waals surface area contributed by atoms with Crippen LogP contribution in [0.2, 0.25) is 0 Å². The Labute approximate surface area is 237 Å². The summed E-state index contributed by atoms with van der Waals surface area (Å²) in [6.07, 6.45) is 3.93. The van der Waals surface area contributed by atoms with Gasteiger partial charge in [-0.3, -0.25) is 19.5 Å². The molecular formula is C31H30N4O6. The minimum atomic E-state index is -0.350. The lowest BCUT2D eigenvalue weighted by molar-refractivity contribution is -0.117. The van der Waals surface area contributed by atoms with Crippen molar-refractivity contribution in [1.29, 1.82) is 0 Å². The Morgan fingerprint density at radius 1 is 0.976 bits per heavy atom. The van der Waals surface area contributed by atoms with Crippen LogP contribution in [-0.2, 0) is 4.79 Å². The number of carbonyl (C=O) groups is 2. The van der Waals surface area contributed by atoms with Crippen molar-refractivity contribution in [3.63, 3.8) is 0 Å². The van der Waals surface area contributed by atoms with E-state index < -0.39 is 0 Å². The van der Waals surface area contributed by atoms with Crippen molar-refractivity contribution in [1.82, 2.24) is 14.5 Å². The molecule has 1 aliphatic carbocycles. The van der Waals surface area contributed by atoms with Crippen LogP contribution in [0.15, 0.2) is 72.9 Å². The van der Waals surface area contributed by atoms with E-state index in [0.29, 0.717) is 52.7 Å². The molecule has 1 aromatic heterocycles. The number of imidazole rings is 1. The van der Waals surface area contributed by atoms with Crippen LogP contribution in [0, 0.1) is 5.92 Å². The largest absolute Gasteiger partial charge is 0.497 e. The molecule has 0 unspecified atom stereocenters. The quantitative estimate of drug-likeness (QED) is 0.301. The predicted octanol–water partition coefficient (Wildman–Crippen LogP) is 4.78. The lowest BCUT2D eigenvalue weighted by atomic mass is 10.1. The fourth-order valence-electron chi connectivity index (χ4n) is 4.71. The van der Waals surface area contributed by atoms with Crippen molar-refractivity contribution in [2.45, 2.75) is 12.8 Å². The van der Waals surface area contributed by atoms with E-state index in [-0.39, 0.29) is 25.2 Å². The molecule has 10 nitrogen and oxygen atoms in total. The Morgan fingerprint density at radius 3 is 2.51 bits per heavy atom. The summed E-state index contributed by atoms with van der Waals surface area (Å²) in [5, 5.41) is 2.94. The second-order valence-corrected chi connectivity index (χ2v) is 10.00. The molecule has 0 spiro atoms. The van der Waals surface area contributed by atoms with E-state index in [1.54, 1.807) is 41.9 Å². The highest BCUT2D eigenvalue weighted by Crippen LogP contribution is 2.34. The number of ether oxygens (including phenoxy) is 4. The van der Waals surface area contributed by atoms with Gasteiger partial charge in [0.05, 0.1) is 19.9 Å². The minimum absolute atomic E-state index is 0.117. The fourth-order valence-corrected chi connectivity index (χ4v) is 4.71. The summed E-state index contributed by atoms with van der Waals surface area (Å²) in [7, 11) is 3.22. The van der Waals surface area contributed by atoms with Crippen LogP contribution in [0.25, 0.3) is 16.9 Å². The summed E-state index contributed by atoms with van der Waals surface area (Å²) in [6.45, 7) is 0.510. The van der Waals surface area contributed by atoms with Crippen LogP contribution in [0.1, 0.15) is 23.2 Å². The van der Waals surface area contributed by atoms with Gasteiger partial charge in [-0.2, -0.15) is 0 Å². The van der Waals surface area contributed by atoms with Crippen molar-refractivity contribution in [2.24, 2.45) is 5.92 Å². The van der Waals surface area contributed by atoms with E-state index in [1.807, 2.05) is 54.7 Å². The van der Waals surface area contributed by atoms with Gasteiger partial charge in [0.15, 0.2) is 11.5 Å². The summed E-state index contributed by atoms with van der Waals surface area (Å²) >= 11 is 0. The highest BCUT2D eigenvalue weighted by molar-refractivity contribution is 5.99. The van der Waals surface area contributed by atoms with Crippen molar-refractivity contribution in [2.75, 3.05) is 39.4 Å². The molecule has 0 atom stereocenters. The zero-order valence-corrected chi connectivity index (χ0v) is 22.8. The van der Waals surface area contributed by atoms with Gasteiger partial charge in [0.2, 0.25) is 18.6 Å². The van der Waals surface area contributed by atoms with Gasteiger partial charge in [0, 0.05) is 29.6 Å². The zero-order valence-electron chi connectivity index (χ0n) is 22.8. The molecular weight excluding hydrogens is 524 g/mol. The van der Waals surface area contributed by atoms with Crippen molar-refractivity contribution in [3.8, 4) is 39.9 Å². The summed E-state index contributed by atoms with van der Waals surface area (Å²) in [5.74, 6) is 2.68. The normalized spacial score (nSPS) is 13.5. The Kier molecular flexibility index (Phi) is 7.20. The third-order valence-corrected chi connectivity index (χ3v) is 7.09. The smallest absolute Gasteiger partial charge is 0.254 e. The number of nitrogens with one attached hydrogen (secondary N) is 1. The number of carbonyl (C=O) groups excluding carboxylic acids is 2. The Balaban J connectivity index is 1.26. The average molecular weight is 555 g/mol. The maximum atomic E-state index is 13.5. The highest BCUT2D eigenvalue weighted by atomic mass is 16.7. The zero-order chi connectivity index (χ0) is 28.3. The average Bonchev–Trinajstić information content (AvgIpc) is 3.53. The minimum Gasteiger partial charge on any atom is -0.497 e. The van der Waals surface area contributed by atoms with Crippen molar-refractivity contribution >= 4 is 17.8 Å². The van der Waals surface area contributed by atoms with Crippen LogP contribution >= 0.6 is 0 Å². The number of hydrogen-bond donors (Lipinski definition) is 1.